The van der Waals surface area contributed by atoms with Crippen molar-refractivity contribution in [2.45, 2.75) is 32.7 Å². The van der Waals surface area contributed by atoms with Crippen LogP contribution in [0.2, 0.25) is 0 Å². The van der Waals surface area contributed by atoms with Crippen LogP contribution < -0.4 is 5.32 Å². The van der Waals surface area contributed by atoms with Crippen LogP contribution in [0.25, 0.3) is 11.3 Å². The number of imide groups is 1. The topological polar surface area (TPSA) is 93.7 Å². The van der Waals surface area contributed by atoms with Crippen LogP contribution in [0.4, 0.5) is 0 Å². The highest BCUT2D eigenvalue weighted by molar-refractivity contribution is 14.0. The molecule has 0 spiro atoms. The number of piperidine rings is 1. The average molecular weight is 524 g/mol. The molecule has 0 aliphatic carbocycles. The van der Waals surface area contributed by atoms with E-state index in [0.29, 0.717) is 44.9 Å². The molecule has 1 aromatic carbocycles. The lowest BCUT2D eigenvalue weighted by molar-refractivity contribution is -0.147. The van der Waals surface area contributed by atoms with Crippen molar-refractivity contribution in [3.05, 3.63) is 42.4 Å². The quantitative estimate of drug-likeness (QED) is 0.252. The highest BCUT2D eigenvalue weighted by Crippen LogP contribution is 2.16. The third kappa shape index (κ3) is 6.28. The van der Waals surface area contributed by atoms with Crippen molar-refractivity contribution in [3.63, 3.8) is 0 Å². The van der Waals surface area contributed by atoms with Gasteiger partial charge in [-0.1, -0.05) is 30.3 Å². The first-order valence-electron chi connectivity index (χ1n) is 10.0. The van der Waals surface area contributed by atoms with Gasteiger partial charge in [-0.25, -0.2) is 4.98 Å². The van der Waals surface area contributed by atoms with Crippen LogP contribution in [0.1, 0.15) is 32.0 Å². The molecule has 1 saturated heterocycles. The molecule has 9 heteroatoms. The number of hydrogen-bond acceptors (Lipinski definition) is 4. The van der Waals surface area contributed by atoms with E-state index in [1.807, 2.05) is 55.4 Å². The van der Waals surface area contributed by atoms with Gasteiger partial charge in [-0.3, -0.25) is 19.5 Å². The number of halogens is 1. The first kappa shape index (κ1) is 23.8. The van der Waals surface area contributed by atoms with Crippen LogP contribution in [0, 0.1) is 0 Å². The van der Waals surface area contributed by atoms with E-state index >= 15 is 0 Å². The Bertz CT molecular complexity index is 851. The zero-order chi connectivity index (χ0) is 20.6. The van der Waals surface area contributed by atoms with Crippen molar-refractivity contribution in [2.24, 2.45) is 4.99 Å². The Kier molecular flexibility index (Phi) is 9.28. The molecule has 2 aromatic rings. The Morgan fingerprint density at radius 2 is 1.93 bits per heavy atom. The number of benzene rings is 1. The molecule has 1 aliphatic rings. The van der Waals surface area contributed by atoms with Crippen molar-refractivity contribution in [1.29, 1.82) is 0 Å². The Labute approximate surface area is 194 Å². The maximum atomic E-state index is 11.9. The lowest BCUT2D eigenvalue weighted by Gasteiger charge is -2.25. The molecule has 8 nitrogen and oxygen atoms in total. The van der Waals surface area contributed by atoms with Crippen molar-refractivity contribution in [2.75, 3.05) is 26.7 Å². The van der Waals surface area contributed by atoms with E-state index in [-0.39, 0.29) is 35.8 Å². The number of carbonyl (C=O) groups is 2. The van der Waals surface area contributed by atoms with Crippen LogP contribution >= 0.6 is 24.0 Å². The molecule has 30 heavy (non-hydrogen) atoms. The standard InChI is InChI=1S/C21H28N6O2.HI/c1-3-22-21(23-12-13-27-19(28)10-7-11-20(27)29)26(2)15-18-24-14-17(25-18)16-8-5-4-6-9-16;/h4-6,8-9,14H,3,7,10-13,15H2,1-2H3,(H,22,23)(H,24,25);1H. The van der Waals surface area contributed by atoms with E-state index in [9.17, 15) is 9.59 Å². The molecular formula is C21H29IN6O2. The van der Waals surface area contributed by atoms with Crippen molar-refractivity contribution < 1.29 is 9.59 Å². The number of H-pyrrole nitrogens is 1. The largest absolute Gasteiger partial charge is 0.357 e. The Morgan fingerprint density at radius 3 is 2.60 bits per heavy atom. The van der Waals surface area contributed by atoms with Crippen LogP contribution in [-0.4, -0.2) is 64.2 Å². The lowest BCUT2D eigenvalue weighted by atomic mass is 10.1. The summed E-state index contributed by atoms with van der Waals surface area (Å²) in [5.74, 6) is 1.35. The van der Waals surface area contributed by atoms with Crippen LogP contribution in [0.5, 0.6) is 0 Å². The average Bonchev–Trinajstić information content (AvgIpc) is 3.18. The minimum Gasteiger partial charge on any atom is -0.357 e. The number of rotatable bonds is 7. The number of hydrogen-bond donors (Lipinski definition) is 2. The molecule has 0 bridgehead atoms. The SMILES string of the molecule is CCNC(=NCCN1C(=O)CCCC1=O)N(C)Cc1ncc(-c2ccccc2)[nH]1.I. The number of aliphatic imine (C=N–C) groups is 1. The van der Waals surface area contributed by atoms with E-state index in [1.165, 1.54) is 4.90 Å². The smallest absolute Gasteiger partial charge is 0.229 e. The van der Waals surface area contributed by atoms with Crippen LogP contribution in [0.3, 0.4) is 0 Å². The zero-order valence-corrected chi connectivity index (χ0v) is 19.8. The van der Waals surface area contributed by atoms with Crippen LogP contribution in [0.15, 0.2) is 41.5 Å². The molecule has 1 aromatic heterocycles. The summed E-state index contributed by atoms with van der Waals surface area (Å²) in [7, 11) is 1.93. The van der Waals surface area contributed by atoms with Gasteiger partial charge in [0.05, 0.1) is 25.0 Å². The van der Waals surface area contributed by atoms with Gasteiger partial charge in [0, 0.05) is 33.0 Å². The molecular weight excluding hydrogens is 495 g/mol. The first-order valence-corrected chi connectivity index (χ1v) is 10.0. The molecule has 0 saturated carbocycles. The maximum absolute atomic E-state index is 11.9. The predicted octanol–water partition coefficient (Wildman–Crippen LogP) is 2.63. The summed E-state index contributed by atoms with van der Waals surface area (Å²) < 4.78 is 0. The second-order valence-corrected chi connectivity index (χ2v) is 6.99. The fourth-order valence-electron chi connectivity index (χ4n) is 3.28. The monoisotopic (exact) mass is 524 g/mol. The number of amides is 2. The molecule has 1 fully saturated rings. The van der Waals surface area contributed by atoms with Gasteiger partial charge < -0.3 is 15.2 Å². The highest BCUT2D eigenvalue weighted by Gasteiger charge is 2.25. The van der Waals surface area contributed by atoms with Crippen LogP contribution in [-0.2, 0) is 16.1 Å². The molecule has 1 aliphatic heterocycles. The van der Waals surface area contributed by atoms with Gasteiger partial charge in [0.25, 0.3) is 0 Å². The zero-order valence-electron chi connectivity index (χ0n) is 17.4. The number of carbonyl (C=O) groups excluding carboxylic acids is 2. The minimum atomic E-state index is -0.0983. The van der Waals surface area contributed by atoms with Gasteiger partial charge in [0.2, 0.25) is 11.8 Å². The normalized spacial score (nSPS) is 14.5. The summed E-state index contributed by atoms with van der Waals surface area (Å²) >= 11 is 0. The molecule has 3 rings (SSSR count). The van der Waals surface area contributed by atoms with Crippen molar-refractivity contribution in [3.8, 4) is 11.3 Å². The Morgan fingerprint density at radius 1 is 1.23 bits per heavy atom. The fourth-order valence-corrected chi connectivity index (χ4v) is 3.28. The third-order valence-corrected chi connectivity index (χ3v) is 4.77. The van der Waals surface area contributed by atoms with Crippen molar-refractivity contribution >= 4 is 41.8 Å². The second kappa shape index (κ2) is 11.7. The molecule has 2 heterocycles. The number of guanidine groups is 1. The molecule has 2 amide bonds. The van der Waals surface area contributed by atoms with E-state index in [2.05, 4.69) is 20.3 Å². The number of nitrogens with zero attached hydrogens (tertiary/aromatic N) is 4. The molecule has 0 atom stereocenters. The van der Waals surface area contributed by atoms with Crippen molar-refractivity contribution in [1.82, 2.24) is 25.1 Å². The Hall–Kier alpha value is -2.43. The second-order valence-electron chi connectivity index (χ2n) is 6.99. The van der Waals surface area contributed by atoms with E-state index in [4.69, 9.17) is 0 Å². The summed E-state index contributed by atoms with van der Waals surface area (Å²) in [5.41, 5.74) is 2.06. The fraction of sp³-hybridized carbons (Fsp3) is 0.429. The molecule has 162 valence electrons. The molecule has 0 unspecified atom stereocenters. The number of nitrogens with one attached hydrogen (secondary N) is 2. The van der Waals surface area contributed by atoms with Gasteiger partial charge in [-0.2, -0.15) is 0 Å². The van der Waals surface area contributed by atoms with Gasteiger partial charge in [0.1, 0.15) is 5.82 Å². The summed E-state index contributed by atoms with van der Waals surface area (Å²) in [6.07, 6.45) is 3.36. The minimum absolute atomic E-state index is 0. The summed E-state index contributed by atoms with van der Waals surface area (Å²) in [4.78, 5) is 39.5. The number of imidazole rings is 1. The Balaban J connectivity index is 0.00000320. The molecule has 0 radical (unpaired) electrons. The van der Waals surface area contributed by atoms with Gasteiger partial charge in [-0.15, -0.1) is 24.0 Å². The third-order valence-electron chi connectivity index (χ3n) is 4.77. The predicted molar refractivity (Wildman–Crippen MR) is 127 cm³/mol. The van der Waals surface area contributed by atoms with E-state index in [1.54, 1.807) is 0 Å². The van der Waals surface area contributed by atoms with Gasteiger partial charge in [0.15, 0.2) is 5.96 Å². The summed E-state index contributed by atoms with van der Waals surface area (Å²) in [6, 6.07) is 10.1. The van der Waals surface area contributed by atoms with E-state index < -0.39 is 0 Å². The van der Waals surface area contributed by atoms with Gasteiger partial charge >= 0.3 is 0 Å². The summed E-state index contributed by atoms with van der Waals surface area (Å²) in [5, 5.41) is 3.25. The number of aromatic amines is 1. The first-order chi connectivity index (χ1) is 14.1. The van der Waals surface area contributed by atoms with Gasteiger partial charge in [-0.05, 0) is 18.9 Å². The summed E-state index contributed by atoms with van der Waals surface area (Å²) in [6.45, 7) is 3.97. The lowest BCUT2D eigenvalue weighted by Crippen LogP contribution is -2.42. The highest BCUT2D eigenvalue weighted by atomic mass is 127. The number of likely N-dealkylation sites (tertiary alicyclic amines) is 1. The number of aromatic nitrogens is 2. The molecule has 2 N–H and O–H groups in total. The van der Waals surface area contributed by atoms with E-state index in [0.717, 1.165) is 23.6 Å². The maximum Gasteiger partial charge on any atom is 0.229 e.